The molecule has 7 heteroatoms. The van der Waals surface area contributed by atoms with Gasteiger partial charge < -0.3 is 5.73 Å². The van der Waals surface area contributed by atoms with Gasteiger partial charge in [-0.15, -0.1) is 0 Å². The summed E-state index contributed by atoms with van der Waals surface area (Å²) in [5.41, 5.74) is 5.81. The van der Waals surface area contributed by atoms with Gasteiger partial charge >= 0.3 is 10.2 Å². The summed E-state index contributed by atoms with van der Waals surface area (Å²) >= 11 is 5.71. The van der Waals surface area contributed by atoms with Crippen LogP contribution in [0.1, 0.15) is 6.42 Å². The van der Waals surface area contributed by atoms with E-state index in [2.05, 4.69) is 4.72 Å². The van der Waals surface area contributed by atoms with E-state index in [4.69, 9.17) is 17.3 Å². The Hall–Kier alpha value is -0.820. The predicted octanol–water partition coefficient (Wildman–Crippen LogP) is 1.28. The van der Waals surface area contributed by atoms with Gasteiger partial charge in [0, 0.05) is 24.3 Å². The second-order valence-electron chi connectivity index (χ2n) is 3.58. The molecule has 1 aromatic carbocycles. The van der Waals surface area contributed by atoms with Gasteiger partial charge in [-0.3, -0.25) is 4.72 Å². The Labute approximate surface area is 107 Å². The quantitative estimate of drug-likeness (QED) is 0.822. The van der Waals surface area contributed by atoms with Crippen LogP contribution in [0.15, 0.2) is 24.3 Å². The van der Waals surface area contributed by atoms with E-state index >= 15 is 0 Å². The molecular formula is C10H16ClN3O2S. The lowest BCUT2D eigenvalue weighted by molar-refractivity contribution is 0.468. The van der Waals surface area contributed by atoms with Gasteiger partial charge in [-0.05, 0) is 37.2 Å². The third-order valence-electron chi connectivity index (χ3n) is 2.18. The maximum atomic E-state index is 11.8. The van der Waals surface area contributed by atoms with E-state index in [0.717, 1.165) is 0 Å². The molecule has 0 aromatic heterocycles. The lowest BCUT2D eigenvalue weighted by atomic mass is 10.3. The minimum Gasteiger partial charge on any atom is -0.330 e. The van der Waals surface area contributed by atoms with Crippen LogP contribution in [0.2, 0.25) is 5.02 Å². The molecule has 0 heterocycles. The maximum Gasteiger partial charge on any atom is 0.301 e. The first-order valence-corrected chi connectivity index (χ1v) is 6.97. The Morgan fingerprint density at radius 2 is 1.94 bits per heavy atom. The number of nitrogens with two attached hydrogens (primary N) is 1. The predicted molar refractivity (Wildman–Crippen MR) is 70.3 cm³/mol. The van der Waals surface area contributed by atoms with Crippen LogP contribution in [-0.2, 0) is 10.2 Å². The van der Waals surface area contributed by atoms with E-state index in [1.165, 1.54) is 11.4 Å². The Balaban J connectivity index is 2.69. The van der Waals surface area contributed by atoms with Crippen LogP contribution in [0.4, 0.5) is 5.69 Å². The third-order valence-corrected chi connectivity index (χ3v) is 3.93. The van der Waals surface area contributed by atoms with Crippen molar-refractivity contribution < 1.29 is 8.42 Å². The summed E-state index contributed by atoms with van der Waals surface area (Å²) in [6.45, 7) is 0.847. The zero-order chi connectivity index (χ0) is 12.9. The smallest absolute Gasteiger partial charge is 0.301 e. The highest BCUT2D eigenvalue weighted by atomic mass is 35.5. The molecule has 5 nitrogen and oxygen atoms in total. The summed E-state index contributed by atoms with van der Waals surface area (Å²) in [5.74, 6) is 0. The topological polar surface area (TPSA) is 75.4 Å². The average molecular weight is 278 g/mol. The molecular weight excluding hydrogens is 262 g/mol. The van der Waals surface area contributed by atoms with Gasteiger partial charge in [-0.25, -0.2) is 0 Å². The molecule has 1 aromatic rings. The van der Waals surface area contributed by atoms with Crippen LogP contribution < -0.4 is 10.5 Å². The molecule has 0 radical (unpaired) electrons. The monoisotopic (exact) mass is 277 g/mol. The van der Waals surface area contributed by atoms with E-state index in [-0.39, 0.29) is 0 Å². The van der Waals surface area contributed by atoms with Gasteiger partial charge in [0.05, 0.1) is 0 Å². The number of hydrogen-bond acceptors (Lipinski definition) is 3. The lowest BCUT2D eigenvalue weighted by Gasteiger charge is -2.17. The summed E-state index contributed by atoms with van der Waals surface area (Å²) in [4.78, 5) is 0. The fraction of sp³-hybridized carbons (Fsp3) is 0.400. The minimum absolute atomic E-state index is 0.388. The third kappa shape index (κ3) is 4.51. The highest BCUT2D eigenvalue weighted by molar-refractivity contribution is 7.90. The summed E-state index contributed by atoms with van der Waals surface area (Å²) in [7, 11) is -2.01. The van der Waals surface area contributed by atoms with Gasteiger partial charge in [0.25, 0.3) is 0 Å². The first-order valence-electron chi connectivity index (χ1n) is 5.15. The first-order chi connectivity index (χ1) is 7.95. The van der Waals surface area contributed by atoms with E-state index in [1.807, 2.05) is 0 Å². The van der Waals surface area contributed by atoms with Crippen molar-refractivity contribution in [1.82, 2.24) is 4.31 Å². The van der Waals surface area contributed by atoms with Crippen LogP contribution in [0, 0.1) is 0 Å². The summed E-state index contributed by atoms with van der Waals surface area (Å²) < 4.78 is 27.3. The van der Waals surface area contributed by atoms with Crippen molar-refractivity contribution in [1.29, 1.82) is 0 Å². The van der Waals surface area contributed by atoms with Crippen molar-refractivity contribution in [2.24, 2.45) is 5.73 Å². The van der Waals surface area contributed by atoms with Crippen LogP contribution in [-0.4, -0.2) is 32.9 Å². The molecule has 0 aliphatic rings. The molecule has 3 N–H and O–H groups in total. The fourth-order valence-corrected chi connectivity index (χ4v) is 2.26. The number of halogens is 1. The highest BCUT2D eigenvalue weighted by Crippen LogP contribution is 2.15. The highest BCUT2D eigenvalue weighted by Gasteiger charge is 2.16. The molecule has 0 spiro atoms. The van der Waals surface area contributed by atoms with Crippen LogP contribution in [0.5, 0.6) is 0 Å². The summed E-state index contributed by atoms with van der Waals surface area (Å²) in [6, 6.07) is 6.46. The molecule has 0 unspecified atom stereocenters. The van der Waals surface area contributed by atoms with E-state index < -0.39 is 10.2 Å². The molecule has 0 saturated carbocycles. The Morgan fingerprint density at radius 3 is 2.47 bits per heavy atom. The second-order valence-corrected chi connectivity index (χ2v) is 5.79. The van der Waals surface area contributed by atoms with Gasteiger partial charge in [0.1, 0.15) is 0 Å². The van der Waals surface area contributed by atoms with Crippen LogP contribution >= 0.6 is 11.6 Å². The first kappa shape index (κ1) is 14.2. The molecule has 0 atom stereocenters. The van der Waals surface area contributed by atoms with Gasteiger partial charge in [-0.2, -0.15) is 12.7 Å². The summed E-state index contributed by atoms with van der Waals surface area (Å²) in [6.07, 6.45) is 0.623. The minimum atomic E-state index is -3.51. The molecule has 0 amide bonds. The Kier molecular flexibility index (Phi) is 5.20. The zero-order valence-corrected chi connectivity index (χ0v) is 11.1. The SMILES string of the molecule is CN(CCCN)S(=O)(=O)Nc1ccc(Cl)cc1. The number of nitrogens with zero attached hydrogens (tertiary/aromatic N) is 1. The van der Waals surface area contributed by atoms with Crippen molar-refractivity contribution in [3.8, 4) is 0 Å². The molecule has 0 aliphatic heterocycles. The van der Waals surface area contributed by atoms with E-state index in [9.17, 15) is 8.42 Å². The number of hydrogen-bond donors (Lipinski definition) is 2. The van der Waals surface area contributed by atoms with Crippen LogP contribution in [0.25, 0.3) is 0 Å². The molecule has 96 valence electrons. The average Bonchev–Trinajstić information content (AvgIpc) is 2.28. The standard InChI is InChI=1S/C10H16ClN3O2S/c1-14(8-2-7-12)17(15,16)13-10-5-3-9(11)4-6-10/h3-6,13H,2,7-8,12H2,1H3. The van der Waals surface area contributed by atoms with Gasteiger partial charge in [0.15, 0.2) is 0 Å². The van der Waals surface area contributed by atoms with Crippen molar-refractivity contribution in [2.75, 3.05) is 24.9 Å². The zero-order valence-electron chi connectivity index (χ0n) is 9.56. The van der Waals surface area contributed by atoms with Crippen molar-refractivity contribution in [3.63, 3.8) is 0 Å². The van der Waals surface area contributed by atoms with Crippen LogP contribution in [0.3, 0.4) is 0 Å². The van der Waals surface area contributed by atoms with E-state index in [1.54, 1.807) is 24.3 Å². The number of rotatable bonds is 6. The molecule has 0 bridgehead atoms. The van der Waals surface area contributed by atoms with Crippen molar-refractivity contribution >= 4 is 27.5 Å². The Morgan fingerprint density at radius 1 is 1.35 bits per heavy atom. The number of nitrogens with one attached hydrogen (secondary N) is 1. The maximum absolute atomic E-state index is 11.8. The van der Waals surface area contributed by atoms with Crippen molar-refractivity contribution in [3.05, 3.63) is 29.3 Å². The van der Waals surface area contributed by atoms with Crippen molar-refractivity contribution in [2.45, 2.75) is 6.42 Å². The van der Waals surface area contributed by atoms with E-state index in [0.29, 0.717) is 30.2 Å². The molecule has 17 heavy (non-hydrogen) atoms. The Bertz CT molecular complexity index is 447. The fourth-order valence-electron chi connectivity index (χ4n) is 1.18. The molecule has 0 aliphatic carbocycles. The largest absolute Gasteiger partial charge is 0.330 e. The number of anilines is 1. The molecule has 1 rings (SSSR count). The molecule has 0 fully saturated rings. The normalized spacial score (nSPS) is 11.8. The lowest BCUT2D eigenvalue weighted by Crippen LogP contribution is -2.34. The number of benzene rings is 1. The van der Waals surface area contributed by atoms with Gasteiger partial charge in [-0.1, -0.05) is 11.6 Å². The molecule has 0 saturated heterocycles. The van der Waals surface area contributed by atoms with Gasteiger partial charge in [0.2, 0.25) is 0 Å². The summed E-state index contributed by atoms with van der Waals surface area (Å²) in [5, 5.41) is 0.560. The second kappa shape index (κ2) is 6.20.